The summed E-state index contributed by atoms with van der Waals surface area (Å²) in [7, 11) is 1.35. The van der Waals surface area contributed by atoms with Gasteiger partial charge in [-0.2, -0.15) is 0 Å². The van der Waals surface area contributed by atoms with Crippen LogP contribution in [0, 0.1) is 0 Å². The highest BCUT2D eigenvalue weighted by Crippen LogP contribution is 2.21. The predicted octanol–water partition coefficient (Wildman–Crippen LogP) is 3.01. The van der Waals surface area contributed by atoms with Crippen LogP contribution in [0.4, 0.5) is 11.5 Å². The smallest absolute Gasteiger partial charge is 0.338 e. The number of carbonyl (C=O) groups excluding carboxylic acids is 1. The Morgan fingerprint density at radius 3 is 2.90 bits per heavy atom. The topological polar surface area (TPSA) is 60.5 Å². The van der Waals surface area contributed by atoms with Crippen molar-refractivity contribution in [2.75, 3.05) is 19.0 Å². The fraction of sp³-hybridized carbons (Fsp3) is 0.200. The molecule has 2 rings (SSSR count). The number of rotatable bonds is 5. The minimum absolute atomic E-state index is 0.390. The van der Waals surface area contributed by atoms with Crippen LogP contribution in [-0.2, 0) is 4.74 Å². The normalized spacial score (nSPS) is 9.90. The highest BCUT2D eigenvalue weighted by atomic mass is 16.5. The maximum atomic E-state index is 11.5. The third-order valence-corrected chi connectivity index (χ3v) is 2.60. The summed E-state index contributed by atoms with van der Waals surface area (Å²) in [6.07, 6.45) is 1.56. The van der Waals surface area contributed by atoms with Crippen LogP contribution < -0.4 is 10.1 Å². The van der Waals surface area contributed by atoms with Crippen molar-refractivity contribution in [1.82, 2.24) is 4.98 Å². The Labute approximate surface area is 117 Å². The average Bonchev–Trinajstić information content (AvgIpc) is 2.47. The van der Waals surface area contributed by atoms with Crippen LogP contribution >= 0.6 is 0 Å². The standard InChI is InChI=1S/C15H16N2O3/c1-3-20-13-6-4-5-12(10-13)17-14-9-11(7-8-16-14)15(18)19-2/h4-10H,3H2,1-2H3,(H,16,17). The molecule has 104 valence electrons. The van der Waals surface area contributed by atoms with Gasteiger partial charge in [0.05, 0.1) is 19.3 Å². The molecular formula is C15H16N2O3. The Bertz CT molecular complexity index is 599. The number of nitrogens with one attached hydrogen (secondary N) is 1. The van der Waals surface area contributed by atoms with E-state index in [4.69, 9.17) is 4.74 Å². The Morgan fingerprint density at radius 1 is 1.30 bits per heavy atom. The minimum atomic E-state index is -0.390. The van der Waals surface area contributed by atoms with Crippen LogP contribution in [-0.4, -0.2) is 24.7 Å². The van der Waals surface area contributed by atoms with Crippen molar-refractivity contribution < 1.29 is 14.3 Å². The summed E-state index contributed by atoms with van der Waals surface area (Å²) in [5.41, 5.74) is 1.29. The minimum Gasteiger partial charge on any atom is -0.494 e. The molecule has 0 aliphatic rings. The molecule has 0 aliphatic heterocycles. The van der Waals surface area contributed by atoms with E-state index in [-0.39, 0.29) is 0 Å². The number of nitrogens with zero attached hydrogens (tertiary/aromatic N) is 1. The molecule has 0 bridgehead atoms. The lowest BCUT2D eigenvalue weighted by atomic mass is 10.2. The van der Waals surface area contributed by atoms with Crippen molar-refractivity contribution >= 4 is 17.5 Å². The largest absolute Gasteiger partial charge is 0.494 e. The molecule has 0 atom stereocenters. The lowest BCUT2D eigenvalue weighted by molar-refractivity contribution is 0.0600. The number of anilines is 2. The van der Waals surface area contributed by atoms with E-state index in [9.17, 15) is 4.79 Å². The third kappa shape index (κ3) is 3.47. The average molecular weight is 272 g/mol. The molecule has 1 N–H and O–H groups in total. The van der Waals surface area contributed by atoms with Crippen molar-refractivity contribution in [3.8, 4) is 5.75 Å². The highest BCUT2D eigenvalue weighted by molar-refractivity contribution is 5.90. The zero-order valence-electron chi connectivity index (χ0n) is 11.4. The molecule has 1 aromatic carbocycles. The Kier molecular flexibility index (Phi) is 4.55. The summed E-state index contributed by atoms with van der Waals surface area (Å²) in [5, 5.41) is 3.12. The van der Waals surface area contributed by atoms with Gasteiger partial charge in [-0.05, 0) is 31.2 Å². The van der Waals surface area contributed by atoms with Gasteiger partial charge in [-0.3, -0.25) is 0 Å². The van der Waals surface area contributed by atoms with E-state index in [1.165, 1.54) is 7.11 Å². The first-order chi connectivity index (χ1) is 9.72. The third-order valence-electron chi connectivity index (χ3n) is 2.60. The zero-order valence-corrected chi connectivity index (χ0v) is 11.4. The van der Waals surface area contributed by atoms with E-state index in [2.05, 4.69) is 15.0 Å². The second kappa shape index (κ2) is 6.56. The number of pyridine rings is 1. The quantitative estimate of drug-likeness (QED) is 0.848. The molecule has 1 heterocycles. The molecule has 0 saturated carbocycles. The Morgan fingerprint density at radius 2 is 2.15 bits per heavy atom. The summed E-state index contributed by atoms with van der Waals surface area (Å²) in [6, 6.07) is 10.8. The van der Waals surface area contributed by atoms with Crippen molar-refractivity contribution in [3.05, 3.63) is 48.2 Å². The first-order valence-corrected chi connectivity index (χ1v) is 6.27. The van der Waals surface area contributed by atoms with Crippen LogP contribution in [0.5, 0.6) is 5.75 Å². The van der Waals surface area contributed by atoms with E-state index in [0.29, 0.717) is 18.0 Å². The fourth-order valence-electron chi connectivity index (χ4n) is 1.72. The molecular weight excluding hydrogens is 256 g/mol. The number of ether oxygens (including phenoxy) is 2. The molecule has 0 amide bonds. The van der Waals surface area contributed by atoms with Gasteiger partial charge in [0.2, 0.25) is 0 Å². The second-order valence-corrected chi connectivity index (χ2v) is 4.01. The Balaban J connectivity index is 2.17. The van der Waals surface area contributed by atoms with Gasteiger partial charge in [-0.15, -0.1) is 0 Å². The maximum absolute atomic E-state index is 11.5. The predicted molar refractivity (Wildman–Crippen MR) is 76.5 cm³/mol. The number of esters is 1. The molecule has 20 heavy (non-hydrogen) atoms. The van der Waals surface area contributed by atoms with E-state index in [1.807, 2.05) is 31.2 Å². The molecule has 0 fully saturated rings. The number of hydrogen-bond acceptors (Lipinski definition) is 5. The van der Waals surface area contributed by atoms with Gasteiger partial charge >= 0.3 is 5.97 Å². The number of methoxy groups -OCH3 is 1. The van der Waals surface area contributed by atoms with Crippen molar-refractivity contribution in [2.24, 2.45) is 0 Å². The van der Waals surface area contributed by atoms with Crippen molar-refractivity contribution in [3.63, 3.8) is 0 Å². The van der Waals surface area contributed by atoms with Crippen LogP contribution in [0.15, 0.2) is 42.6 Å². The molecule has 0 aliphatic carbocycles. The first kappa shape index (κ1) is 13.9. The lowest BCUT2D eigenvalue weighted by Gasteiger charge is -2.09. The molecule has 5 heteroatoms. The first-order valence-electron chi connectivity index (χ1n) is 6.27. The van der Waals surface area contributed by atoms with E-state index < -0.39 is 5.97 Å². The fourth-order valence-corrected chi connectivity index (χ4v) is 1.72. The van der Waals surface area contributed by atoms with Crippen LogP contribution in [0.3, 0.4) is 0 Å². The number of aromatic nitrogens is 1. The van der Waals surface area contributed by atoms with E-state index in [1.54, 1.807) is 18.3 Å². The molecule has 5 nitrogen and oxygen atoms in total. The molecule has 0 spiro atoms. The van der Waals surface area contributed by atoms with Gasteiger partial charge < -0.3 is 14.8 Å². The number of hydrogen-bond donors (Lipinski definition) is 1. The summed E-state index contributed by atoms with van der Waals surface area (Å²) < 4.78 is 10.1. The SMILES string of the molecule is CCOc1cccc(Nc2cc(C(=O)OC)ccn2)c1. The van der Waals surface area contributed by atoms with E-state index >= 15 is 0 Å². The zero-order chi connectivity index (χ0) is 14.4. The summed E-state index contributed by atoms with van der Waals surface area (Å²) >= 11 is 0. The van der Waals surface area contributed by atoms with Crippen molar-refractivity contribution in [2.45, 2.75) is 6.92 Å². The summed E-state index contributed by atoms with van der Waals surface area (Å²) in [4.78, 5) is 15.6. The van der Waals surface area contributed by atoms with Crippen LogP contribution in [0.2, 0.25) is 0 Å². The van der Waals surface area contributed by atoms with Gasteiger partial charge in [-0.25, -0.2) is 9.78 Å². The van der Waals surface area contributed by atoms with Crippen LogP contribution in [0.25, 0.3) is 0 Å². The maximum Gasteiger partial charge on any atom is 0.338 e. The summed E-state index contributed by atoms with van der Waals surface area (Å²) in [6.45, 7) is 2.54. The second-order valence-electron chi connectivity index (χ2n) is 4.01. The van der Waals surface area contributed by atoms with Gasteiger partial charge in [0.1, 0.15) is 11.6 Å². The number of carbonyl (C=O) groups is 1. The molecule has 1 aromatic heterocycles. The van der Waals surface area contributed by atoms with Crippen LogP contribution in [0.1, 0.15) is 17.3 Å². The molecule has 2 aromatic rings. The van der Waals surface area contributed by atoms with Gasteiger partial charge in [0, 0.05) is 18.0 Å². The van der Waals surface area contributed by atoms with Gasteiger partial charge in [-0.1, -0.05) is 6.07 Å². The molecule has 0 unspecified atom stereocenters. The summed E-state index contributed by atoms with van der Waals surface area (Å²) in [5.74, 6) is 0.960. The molecule has 0 radical (unpaired) electrons. The van der Waals surface area contributed by atoms with Crippen molar-refractivity contribution in [1.29, 1.82) is 0 Å². The Hall–Kier alpha value is -2.56. The molecule has 0 saturated heterocycles. The van der Waals surface area contributed by atoms with E-state index in [0.717, 1.165) is 11.4 Å². The van der Waals surface area contributed by atoms with Gasteiger partial charge in [0.25, 0.3) is 0 Å². The van der Waals surface area contributed by atoms with Gasteiger partial charge in [0.15, 0.2) is 0 Å². The lowest BCUT2D eigenvalue weighted by Crippen LogP contribution is -2.03. The highest BCUT2D eigenvalue weighted by Gasteiger charge is 2.06. The number of benzene rings is 1. The monoisotopic (exact) mass is 272 g/mol.